The molecule has 8 nitrogen and oxygen atoms in total. The van der Waals surface area contributed by atoms with E-state index in [0.29, 0.717) is 34.3 Å². The average molecular weight is 640 g/mol. The van der Waals surface area contributed by atoms with Gasteiger partial charge in [0.1, 0.15) is 5.75 Å². The summed E-state index contributed by atoms with van der Waals surface area (Å²) >= 11 is 3.48. The summed E-state index contributed by atoms with van der Waals surface area (Å²) in [5.41, 5.74) is 3.32. The normalized spacial score (nSPS) is 19.5. The molecule has 0 saturated carbocycles. The molecule has 3 unspecified atom stereocenters. The van der Waals surface area contributed by atoms with E-state index in [1.807, 2.05) is 32.1 Å². The van der Waals surface area contributed by atoms with Crippen LogP contribution in [-0.4, -0.2) is 40.3 Å². The van der Waals surface area contributed by atoms with E-state index in [9.17, 15) is 24.3 Å². The highest BCUT2D eigenvalue weighted by molar-refractivity contribution is 9.10. The first-order chi connectivity index (χ1) is 20.6. The lowest BCUT2D eigenvalue weighted by molar-refractivity contribution is -0.122. The quantitative estimate of drug-likeness (QED) is 0.112. The lowest BCUT2D eigenvalue weighted by Crippen LogP contribution is -2.31. The number of carbonyl (C=O) groups is 4. The Kier molecular flexibility index (Phi) is 7.43. The van der Waals surface area contributed by atoms with Gasteiger partial charge < -0.3 is 9.84 Å². The Hall–Kier alpha value is -4.63. The maximum absolute atomic E-state index is 13.4. The summed E-state index contributed by atoms with van der Waals surface area (Å²) in [5, 5.41) is 10.5. The molecule has 3 aromatic carbocycles. The third kappa shape index (κ3) is 5.14. The van der Waals surface area contributed by atoms with E-state index in [1.165, 1.54) is 17.0 Å². The summed E-state index contributed by atoms with van der Waals surface area (Å²) in [6.45, 7) is 3.29. The van der Waals surface area contributed by atoms with Crippen LogP contribution in [0.15, 0.2) is 83.4 Å². The standard InChI is InChI=1S/C34H27BrN2O6/c1-18-6-5-8-24-30(18)33(41)37(32(24)40)22-12-10-20(11-13-22)27-16-26(25-15-21(35)14-19(2)31(25)36-27)34(42)43-17-29(39)23-7-3-4-9-28(23)38/h3-7,9-16,18,24,30,38H,8,17H2,1-2H3. The van der Waals surface area contributed by atoms with Crippen molar-refractivity contribution < 1.29 is 29.0 Å². The monoisotopic (exact) mass is 638 g/mol. The highest BCUT2D eigenvalue weighted by atomic mass is 79.9. The van der Waals surface area contributed by atoms with Gasteiger partial charge in [-0.05, 0) is 67.3 Å². The van der Waals surface area contributed by atoms with Crippen molar-refractivity contribution in [3.63, 3.8) is 0 Å². The molecule has 0 spiro atoms. The number of fused-ring (bicyclic) bond motifs is 2. The van der Waals surface area contributed by atoms with Crippen molar-refractivity contribution in [2.75, 3.05) is 11.5 Å². The van der Waals surface area contributed by atoms with Crippen molar-refractivity contribution >= 4 is 56.1 Å². The fraction of sp³-hybridized carbons (Fsp3) is 0.206. The number of carbonyl (C=O) groups excluding carboxylic acids is 4. The number of phenolic OH excluding ortho intramolecular Hbond substituents is 1. The molecule has 1 fully saturated rings. The van der Waals surface area contributed by atoms with Gasteiger partial charge in [0.05, 0.1) is 39.9 Å². The number of para-hydroxylation sites is 1. The van der Waals surface area contributed by atoms with Gasteiger partial charge in [0, 0.05) is 15.4 Å². The van der Waals surface area contributed by atoms with Crippen molar-refractivity contribution in [1.82, 2.24) is 4.98 Å². The molecule has 4 aromatic rings. The number of anilines is 1. The predicted octanol–water partition coefficient (Wildman–Crippen LogP) is 6.42. The molecule has 1 saturated heterocycles. The second kappa shape index (κ2) is 11.2. The second-order valence-corrected chi connectivity index (χ2v) is 11.8. The van der Waals surface area contributed by atoms with Crippen LogP contribution in [0.5, 0.6) is 5.75 Å². The number of phenols is 1. The highest BCUT2D eigenvalue weighted by Crippen LogP contribution is 2.41. The molecule has 1 aliphatic carbocycles. The van der Waals surface area contributed by atoms with Crippen LogP contribution in [0.3, 0.4) is 0 Å². The number of ether oxygens (including phenoxy) is 1. The zero-order valence-electron chi connectivity index (χ0n) is 23.4. The zero-order valence-corrected chi connectivity index (χ0v) is 25.0. The van der Waals surface area contributed by atoms with E-state index < -0.39 is 18.4 Å². The van der Waals surface area contributed by atoms with Crippen LogP contribution < -0.4 is 4.90 Å². The van der Waals surface area contributed by atoms with Crippen molar-refractivity contribution in [2.45, 2.75) is 20.3 Å². The van der Waals surface area contributed by atoms with Gasteiger partial charge in [-0.1, -0.05) is 59.3 Å². The Bertz CT molecular complexity index is 1850. The maximum atomic E-state index is 13.4. The summed E-state index contributed by atoms with van der Waals surface area (Å²) in [7, 11) is 0. The third-order valence-corrected chi connectivity index (χ3v) is 8.58. The Labute approximate surface area is 256 Å². The Morgan fingerprint density at radius 1 is 1.02 bits per heavy atom. The fourth-order valence-corrected chi connectivity index (χ4v) is 6.52. The number of imide groups is 1. The summed E-state index contributed by atoms with van der Waals surface area (Å²) in [6.07, 6.45) is 4.52. The number of allylic oxidation sites excluding steroid dienone is 2. The van der Waals surface area contributed by atoms with Crippen LogP contribution >= 0.6 is 15.9 Å². The number of pyridine rings is 1. The zero-order chi connectivity index (χ0) is 30.4. The first-order valence-corrected chi connectivity index (χ1v) is 14.7. The molecule has 43 heavy (non-hydrogen) atoms. The smallest absolute Gasteiger partial charge is 0.339 e. The van der Waals surface area contributed by atoms with Crippen molar-refractivity contribution in [3.05, 3.63) is 100 Å². The topological polar surface area (TPSA) is 114 Å². The van der Waals surface area contributed by atoms with E-state index in [2.05, 4.69) is 15.9 Å². The molecule has 2 amide bonds. The molecule has 1 aromatic heterocycles. The Morgan fingerprint density at radius 2 is 1.77 bits per heavy atom. The van der Waals surface area contributed by atoms with E-state index in [0.717, 1.165) is 10.0 Å². The number of rotatable bonds is 6. The molecular weight excluding hydrogens is 612 g/mol. The lowest BCUT2D eigenvalue weighted by atomic mass is 9.78. The summed E-state index contributed by atoms with van der Waals surface area (Å²) in [5.74, 6) is -2.52. The maximum Gasteiger partial charge on any atom is 0.339 e. The van der Waals surface area contributed by atoms with Crippen LogP contribution in [0.4, 0.5) is 5.69 Å². The van der Waals surface area contributed by atoms with Crippen LogP contribution in [0.2, 0.25) is 0 Å². The third-order valence-electron chi connectivity index (χ3n) is 8.12. The van der Waals surface area contributed by atoms with Gasteiger partial charge in [-0.2, -0.15) is 0 Å². The number of amides is 2. The van der Waals surface area contributed by atoms with E-state index in [-0.39, 0.29) is 46.4 Å². The number of ketones is 1. The highest BCUT2D eigenvalue weighted by Gasteiger charge is 2.50. The number of esters is 1. The Morgan fingerprint density at radius 3 is 2.49 bits per heavy atom. The number of aromatic nitrogens is 1. The molecule has 6 rings (SSSR count). The minimum atomic E-state index is -0.717. The number of nitrogens with zero attached hydrogens (tertiary/aromatic N) is 2. The van der Waals surface area contributed by atoms with Crippen LogP contribution in [0, 0.1) is 24.7 Å². The SMILES string of the molecule is Cc1cc(Br)cc2c(C(=O)OCC(=O)c3ccccc3O)cc(-c3ccc(N4C(=O)C5CC=CC(C)C5C4=O)cc3)nc12. The molecule has 3 atom stereocenters. The van der Waals surface area contributed by atoms with E-state index >= 15 is 0 Å². The average Bonchev–Trinajstić information content (AvgIpc) is 3.25. The minimum Gasteiger partial charge on any atom is -0.507 e. The number of hydrogen-bond acceptors (Lipinski definition) is 7. The summed E-state index contributed by atoms with van der Waals surface area (Å²) in [4.78, 5) is 58.5. The molecule has 1 aliphatic heterocycles. The van der Waals surface area contributed by atoms with Crippen molar-refractivity contribution in [3.8, 4) is 17.0 Å². The van der Waals surface area contributed by atoms with Gasteiger partial charge in [0.25, 0.3) is 0 Å². The van der Waals surface area contributed by atoms with Crippen LogP contribution in [0.1, 0.15) is 39.6 Å². The van der Waals surface area contributed by atoms with Gasteiger partial charge in [-0.3, -0.25) is 19.3 Å². The van der Waals surface area contributed by atoms with Crippen LogP contribution in [0.25, 0.3) is 22.2 Å². The molecule has 9 heteroatoms. The van der Waals surface area contributed by atoms with Crippen LogP contribution in [-0.2, 0) is 14.3 Å². The number of Topliss-reactive ketones (excluding diaryl/α,β-unsaturated/α-hetero) is 1. The van der Waals surface area contributed by atoms with Gasteiger partial charge in [0.2, 0.25) is 17.6 Å². The number of aryl methyl sites for hydroxylation is 1. The second-order valence-electron chi connectivity index (χ2n) is 10.9. The summed E-state index contributed by atoms with van der Waals surface area (Å²) in [6, 6.07) is 18.3. The lowest BCUT2D eigenvalue weighted by Gasteiger charge is -2.22. The van der Waals surface area contributed by atoms with E-state index in [4.69, 9.17) is 9.72 Å². The van der Waals surface area contributed by atoms with Gasteiger partial charge in [-0.15, -0.1) is 0 Å². The number of hydrogen-bond donors (Lipinski definition) is 1. The minimum absolute atomic E-state index is 0.00333. The molecule has 216 valence electrons. The fourth-order valence-electron chi connectivity index (χ4n) is 5.95. The van der Waals surface area contributed by atoms with Gasteiger partial charge in [-0.25, -0.2) is 9.78 Å². The van der Waals surface area contributed by atoms with Crippen molar-refractivity contribution in [2.24, 2.45) is 17.8 Å². The number of benzene rings is 3. The molecular formula is C34H27BrN2O6. The number of aromatic hydroxyl groups is 1. The molecule has 0 radical (unpaired) electrons. The number of halogens is 1. The van der Waals surface area contributed by atoms with E-state index in [1.54, 1.807) is 48.5 Å². The first-order valence-electron chi connectivity index (χ1n) is 13.9. The first kappa shape index (κ1) is 28.5. The van der Waals surface area contributed by atoms with Crippen molar-refractivity contribution in [1.29, 1.82) is 0 Å². The molecule has 2 aliphatic rings. The van der Waals surface area contributed by atoms with Gasteiger partial charge in [0.15, 0.2) is 6.61 Å². The molecule has 1 N–H and O–H groups in total. The molecule has 2 heterocycles. The largest absolute Gasteiger partial charge is 0.507 e. The predicted molar refractivity (Wildman–Crippen MR) is 165 cm³/mol. The Balaban J connectivity index is 1.32. The van der Waals surface area contributed by atoms with Gasteiger partial charge >= 0.3 is 5.97 Å². The summed E-state index contributed by atoms with van der Waals surface area (Å²) < 4.78 is 6.16. The molecule has 0 bridgehead atoms.